The molecule has 2 aromatic rings. The fraction of sp³-hybridized carbons (Fsp3) is 0. The van der Waals surface area contributed by atoms with Crippen molar-refractivity contribution in [2.24, 2.45) is 0 Å². The highest BCUT2D eigenvalue weighted by Gasteiger charge is 2.04. The second kappa shape index (κ2) is 4.88. The van der Waals surface area contributed by atoms with Gasteiger partial charge in [0.2, 0.25) is 0 Å². The van der Waals surface area contributed by atoms with E-state index in [-0.39, 0.29) is 5.78 Å². The monoisotopic (exact) mass is 298 g/mol. The first-order valence-corrected chi connectivity index (χ1v) is 6.81. The van der Waals surface area contributed by atoms with Gasteiger partial charge in [-0.1, -0.05) is 6.08 Å². The van der Waals surface area contributed by atoms with Crippen LogP contribution in [0.5, 0.6) is 0 Å². The van der Waals surface area contributed by atoms with Crippen LogP contribution in [0.15, 0.2) is 38.8 Å². The summed E-state index contributed by atoms with van der Waals surface area (Å²) in [6.45, 7) is 0. The van der Waals surface area contributed by atoms with Crippen molar-refractivity contribution in [3.8, 4) is 0 Å². The van der Waals surface area contributed by atoms with Crippen molar-refractivity contribution in [1.29, 1.82) is 0 Å². The van der Waals surface area contributed by atoms with E-state index in [1.165, 1.54) is 11.3 Å². The van der Waals surface area contributed by atoms with E-state index in [0.29, 0.717) is 0 Å². The van der Waals surface area contributed by atoms with Crippen molar-refractivity contribution < 1.29 is 4.79 Å². The van der Waals surface area contributed by atoms with Gasteiger partial charge in [-0.15, -0.1) is 11.3 Å². The zero-order valence-corrected chi connectivity index (χ0v) is 10.9. The Hall–Kier alpha value is -0.710. The maximum Gasteiger partial charge on any atom is 0.195 e. The van der Waals surface area contributed by atoms with E-state index in [9.17, 15) is 4.79 Å². The molecule has 0 amide bonds. The topological polar surface area (TPSA) is 17.1 Å². The Morgan fingerprint density at radius 1 is 1.33 bits per heavy atom. The summed E-state index contributed by atoms with van der Waals surface area (Å²) >= 11 is 6.41. The van der Waals surface area contributed by atoms with Gasteiger partial charge in [0.15, 0.2) is 5.78 Å². The number of halogens is 1. The summed E-state index contributed by atoms with van der Waals surface area (Å²) in [6, 6.07) is 5.70. The van der Waals surface area contributed by atoms with Crippen LogP contribution < -0.4 is 0 Å². The van der Waals surface area contributed by atoms with Crippen LogP contribution in [0.25, 0.3) is 6.08 Å². The maximum atomic E-state index is 11.7. The van der Waals surface area contributed by atoms with Crippen LogP contribution >= 0.6 is 38.6 Å². The van der Waals surface area contributed by atoms with Crippen molar-refractivity contribution in [3.05, 3.63) is 49.3 Å². The Balaban J connectivity index is 2.10. The van der Waals surface area contributed by atoms with E-state index >= 15 is 0 Å². The highest BCUT2D eigenvalue weighted by Crippen LogP contribution is 2.22. The number of ketones is 1. The van der Waals surface area contributed by atoms with Crippen molar-refractivity contribution >= 4 is 50.5 Å². The van der Waals surface area contributed by atoms with Gasteiger partial charge in [0.05, 0.1) is 8.66 Å². The standard InChI is InChI=1S/C11H7BrOS2/c12-11-4-3-10(15-11)9(13)2-1-8-5-6-14-7-8/h1-7H/b2-1+. The van der Waals surface area contributed by atoms with Crippen molar-refractivity contribution in [2.45, 2.75) is 0 Å². The second-order valence-corrected chi connectivity index (χ2v) is 6.10. The third-order valence-electron chi connectivity index (χ3n) is 1.79. The normalized spacial score (nSPS) is 11.0. The first-order chi connectivity index (χ1) is 7.25. The zero-order chi connectivity index (χ0) is 10.7. The minimum Gasteiger partial charge on any atom is -0.288 e. The highest BCUT2D eigenvalue weighted by molar-refractivity contribution is 9.11. The lowest BCUT2D eigenvalue weighted by Crippen LogP contribution is -1.87. The molecule has 0 atom stereocenters. The van der Waals surface area contributed by atoms with Gasteiger partial charge < -0.3 is 0 Å². The van der Waals surface area contributed by atoms with Crippen LogP contribution in [0.3, 0.4) is 0 Å². The molecule has 0 aliphatic carbocycles. The SMILES string of the molecule is O=C(/C=C/c1ccsc1)c1ccc(Br)s1. The highest BCUT2D eigenvalue weighted by atomic mass is 79.9. The molecule has 0 saturated carbocycles. The van der Waals surface area contributed by atoms with Crippen LogP contribution in [0.4, 0.5) is 0 Å². The lowest BCUT2D eigenvalue weighted by atomic mass is 10.2. The minimum absolute atomic E-state index is 0.0527. The van der Waals surface area contributed by atoms with Gasteiger partial charge in [0.1, 0.15) is 0 Å². The Morgan fingerprint density at radius 3 is 2.80 bits per heavy atom. The van der Waals surface area contributed by atoms with E-state index in [4.69, 9.17) is 0 Å². The first kappa shape index (κ1) is 10.8. The van der Waals surface area contributed by atoms with Gasteiger partial charge >= 0.3 is 0 Å². The van der Waals surface area contributed by atoms with Gasteiger partial charge in [-0.2, -0.15) is 11.3 Å². The second-order valence-electron chi connectivity index (χ2n) is 2.86. The molecule has 2 rings (SSSR count). The number of allylic oxidation sites excluding steroid dienone is 1. The van der Waals surface area contributed by atoms with E-state index < -0.39 is 0 Å². The van der Waals surface area contributed by atoms with Crippen LogP contribution in [-0.2, 0) is 0 Å². The third kappa shape index (κ3) is 2.87. The number of hydrogen-bond acceptors (Lipinski definition) is 3. The lowest BCUT2D eigenvalue weighted by Gasteiger charge is -1.87. The Morgan fingerprint density at radius 2 is 2.20 bits per heavy atom. The molecular weight excluding hydrogens is 292 g/mol. The van der Waals surface area contributed by atoms with E-state index in [0.717, 1.165) is 14.2 Å². The van der Waals surface area contributed by atoms with Crippen molar-refractivity contribution in [2.75, 3.05) is 0 Å². The fourth-order valence-electron chi connectivity index (χ4n) is 1.07. The van der Waals surface area contributed by atoms with Crippen LogP contribution in [0.2, 0.25) is 0 Å². The lowest BCUT2D eigenvalue weighted by molar-refractivity contribution is 0.105. The number of hydrogen-bond donors (Lipinski definition) is 0. The quantitative estimate of drug-likeness (QED) is 0.604. The predicted octanol–water partition coefficient (Wildman–Crippen LogP) is 4.47. The third-order valence-corrected chi connectivity index (χ3v) is 4.13. The Labute approximate surface area is 104 Å². The summed E-state index contributed by atoms with van der Waals surface area (Å²) in [7, 11) is 0. The van der Waals surface area contributed by atoms with Crippen LogP contribution in [-0.4, -0.2) is 5.78 Å². The van der Waals surface area contributed by atoms with Gasteiger partial charge in [-0.05, 0) is 56.5 Å². The Bertz CT molecular complexity index is 482. The summed E-state index contributed by atoms with van der Waals surface area (Å²) < 4.78 is 0.981. The molecule has 0 aromatic carbocycles. The number of thiophene rings is 2. The molecule has 0 fully saturated rings. The van der Waals surface area contributed by atoms with E-state index in [1.54, 1.807) is 17.4 Å². The number of carbonyl (C=O) groups is 1. The van der Waals surface area contributed by atoms with Crippen LogP contribution in [0, 0.1) is 0 Å². The molecule has 0 aliphatic rings. The van der Waals surface area contributed by atoms with E-state index in [1.807, 2.05) is 35.0 Å². The molecule has 15 heavy (non-hydrogen) atoms. The molecule has 1 nitrogen and oxygen atoms in total. The molecule has 76 valence electrons. The molecule has 4 heteroatoms. The molecule has 0 aliphatic heterocycles. The maximum absolute atomic E-state index is 11.7. The molecule has 0 radical (unpaired) electrons. The Kier molecular flexibility index (Phi) is 3.51. The molecule has 0 saturated heterocycles. The molecule has 2 aromatic heterocycles. The summed E-state index contributed by atoms with van der Waals surface area (Å²) in [4.78, 5) is 12.4. The number of carbonyl (C=O) groups excluding carboxylic acids is 1. The smallest absolute Gasteiger partial charge is 0.195 e. The van der Waals surface area contributed by atoms with Crippen LogP contribution in [0.1, 0.15) is 15.2 Å². The van der Waals surface area contributed by atoms with Gasteiger partial charge in [-0.3, -0.25) is 4.79 Å². The molecule has 0 bridgehead atoms. The average molecular weight is 299 g/mol. The fourth-order valence-corrected chi connectivity index (χ4v) is 3.01. The minimum atomic E-state index is 0.0527. The molecule has 0 spiro atoms. The van der Waals surface area contributed by atoms with Crippen molar-refractivity contribution in [3.63, 3.8) is 0 Å². The average Bonchev–Trinajstić information content (AvgIpc) is 2.84. The van der Waals surface area contributed by atoms with Gasteiger partial charge in [0, 0.05) is 0 Å². The van der Waals surface area contributed by atoms with E-state index in [2.05, 4.69) is 15.9 Å². The number of rotatable bonds is 3. The first-order valence-electron chi connectivity index (χ1n) is 4.25. The summed E-state index contributed by atoms with van der Waals surface area (Å²) in [6.07, 6.45) is 3.45. The van der Waals surface area contributed by atoms with Gasteiger partial charge in [-0.25, -0.2) is 0 Å². The molecule has 0 N–H and O–H groups in total. The summed E-state index contributed by atoms with van der Waals surface area (Å²) in [5.74, 6) is 0.0527. The van der Waals surface area contributed by atoms with Gasteiger partial charge in [0.25, 0.3) is 0 Å². The largest absolute Gasteiger partial charge is 0.288 e. The molecular formula is C11H7BrOS2. The van der Waals surface area contributed by atoms with Crippen molar-refractivity contribution in [1.82, 2.24) is 0 Å². The molecule has 0 unspecified atom stereocenters. The summed E-state index contributed by atoms with van der Waals surface area (Å²) in [5.41, 5.74) is 1.07. The molecule has 2 heterocycles. The summed E-state index contributed by atoms with van der Waals surface area (Å²) in [5, 5.41) is 4.00. The predicted molar refractivity (Wildman–Crippen MR) is 69.7 cm³/mol. The zero-order valence-electron chi connectivity index (χ0n) is 7.64.